The van der Waals surface area contributed by atoms with Crippen molar-refractivity contribution in [3.8, 4) is 5.75 Å². The van der Waals surface area contributed by atoms with Gasteiger partial charge in [-0.15, -0.1) is 0 Å². The second-order valence-electron chi connectivity index (χ2n) is 6.83. The zero-order valence-corrected chi connectivity index (χ0v) is 15.2. The van der Waals surface area contributed by atoms with Gasteiger partial charge in [0, 0.05) is 6.07 Å². The van der Waals surface area contributed by atoms with Crippen LogP contribution < -0.4 is 15.8 Å². The summed E-state index contributed by atoms with van der Waals surface area (Å²) in [7, 11) is 0. The Morgan fingerprint density at radius 1 is 1.11 bits per heavy atom. The van der Waals surface area contributed by atoms with Crippen molar-refractivity contribution >= 4 is 17.5 Å². The van der Waals surface area contributed by atoms with Gasteiger partial charge in [0.05, 0.1) is 16.9 Å². The summed E-state index contributed by atoms with van der Waals surface area (Å²) >= 11 is 0. The number of alkyl halides is 3. The van der Waals surface area contributed by atoms with Crippen LogP contribution in [0, 0.1) is 0 Å². The first-order valence-electron chi connectivity index (χ1n) is 8.13. The molecule has 0 bridgehead atoms. The molecule has 0 aliphatic carbocycles. The van der Waals surface area contributed by atoms with Crippen molar-refractivity contribution in [2.45, 2.75) is 39.2 Å². The summed E-state index contributed by atoms with van der Waals surface area (Å²) in [5.74, 6) is -0.438. The molecule has 0 aromatic heterocycles. The van der Waals surface area contributed by atoms with E-state index < -0.39 is 29.2 Å². The molecular formula is C19H21F3N2O3. The first-order valence-corrected chi connectivity index (χ1v) is 8.13. The molecule has 5 nitrogen and oxygen atoms in total. The summed E-state index contributed by atoms with van der Waals surface area (Å²) in [5.41, 5.74) is 4.31. The molecular weight excluding hydrogens is 361 g/mol. The van der Waals surface area contributed by atoms with Gasteiger partial charge < -0.3 is 15.2 Å². The molecule has 0 fully saturated rings. The van der Waals surface area contributed by atoms with Crippen molar-refractivity contribution in [1.82, 2.24) is 0 Å². The Bertz CT molecular complexity index is 800. The molecule has 0 unspecified atom stereocenters. The molecule has 1 amide bonds. The number of rotatable bonds is 4. The lowest BCUT2D eigenvalue weighted by molar-refractivity contribution is -0.139. The van der Waals surface area contributed by atoms with Gasteiger partial charge in [-0.1, -0.05) is 30.3 Å². The third kappa shape index (κ3) is 6.09. The minimum absolute atomic E-state index is 0.0275. The number of ether oxygens (including phenoxy) is 2. The highest BCUT2D eigenvalue weighted by molar-refractivity contribution is 5.90. The van der Waals surface area contributed by atoms with Gasteiger partial charge in [-0.2, -0.15) is 13.2 Å². The summed E-state index contributed by atoms with van der Waals surface area (Å²) in [6, 6.07) is 10.5. The van der Waals surface area contributed by atoms with Gasteiger partial charge in [0.1, 0.15) is 18.0 Å². The molecule has 0 heterocycles. The molecule has 0 radical (unpaired) electrons. The quantitative estimate of drug-likeness (QED) is 0.712. The highest BCUT2D eigenvalue weighted by Crippen LogP contribution is 2.40. The summed E-state index contributed by atoms with van der Waals surface area (Å²) in [5, 5.41) is 2.35. The predicted octanol–water partition coefficient (Wildman–Crippen LogP) is 5.21. The number of halogens is 3. The van der Waals surface area contributed by atoms with Crippen molar-refractivity contribution in [2.24, 2.45) is 0 Å². The molecule has 146 valence electrons. The molecule has 2 rings (SSSR count). The third-order valence-corrected chi connectivity index (χ3v) is 3.33. The van der Waals surface area contributed by atoms with E-state index in [1.807, 2.05) is 0 Å². The number of benzene rings is 2. The van der Waals surface area contributed by atoms with Crippen LogP contribution in [0.15, 0.2) is 42.5 Å². The summed E-state index contributed by atoms with van der Waals surface area (Å²) in [6.07, 6.45) is -5.49. The Labute approximate surface area is 155 Å². The van der Waals surface area contributed by atoms with E-state index in [1.54, 1.807) is 51.1 Å². The maximum Gasteiger partial charge on any atom is 0.420 e. The molecule has 0 aliphatic heterocycles. The lowest BCUT2D eigenvalue weighted by Crippen LogP contribution is -2.27. The van der Waals surface area contributed by atoms with E-state index in [1.165, 1.54) is 0 Å². The monoisotopic (exact) mass is 382 g/mol. The fourth-order valence-electron chi connectivity index (χ4n) is 2.19. The van der Waals surface area contributed by atoms with Crippen LogP contribution in [-0.4, -0.2) is 11.7 Å². The first-order chi connectivity index (χ1) is 12.5. The molecule has 2 aromatic carbocycles. The lowest BCUT2D eigenvalue weighted by Gasteiger charge is -2.21. The van der Waals surface area contributed by atoms with Gasteiger partial charge >= 0.3 is 12.3 Å². The summed E-state index contributed by atoms with van der Waals surface area (Å²) in [6.45, 7) is 4.92. The Balaban J connectivity index is 2.30. The van der Waals surface area contributed by atoms with E-state index in [0.29, 0.717) is 5.56 Å². The number of carbonyl (C=O) groups excluding carboxylic acids is 1. The predicted molar refractivity (Wildman–Crippen MR) is 96.5 cm³/mol. The molecule has 8 heteroatoms. The number of hydrogen-bond donors (Lipinski definition) is 2. The molecule has 27 heavy (non-hydrogen) atoms. The van der Waals surface area contributed by atoms with E-state index in [-0.39, 0.29) is 18.0 Å². The second-order valence-corrected chi connectivity index (χ2v) is 6.83. The molecule has 0 saturated carbocycles. The smallest absolute Gasteiger partial charge is 0.420 e. The Morgan fingerprint density at radius 3 is 2.30 bits per heavy atom. The van der Waals surface area contributed by atoms with Crippen LogP contribution in [0.2, 0.25) is 0 Å². The zero-order chi connectivity index (χ0) is 20.2. The van der Waals surface area contributed by atoms with Crippen molar-refractivity contribution < 1.29 is 27.4 Å². The van der Waals surface area contributed by atoms with Gasteiger partial charge in [0.15, 0.2) is 0 Å². The Kier molecular flexibility index (Phi) is 5.88. The number of amides is 1. The van der Waals surface area contributed by atoms with E-state index in [4.69, 9.17) is 15.2 Å². The number of nitrogens with one attached hydrogen (secondary N) is 1. The maximum absolute atomic E-state index is 13.3. The number of nitrogen functional groups attached to an aromatic ring is 1. The normalized spacial score (nSPS) is 11.8. The van der Waals surface area contributed by atoms with Gasteiger partial charge in [0.2, 0.25) is 0 Å². The maximum atomic E-state index is 13.3. The zero-order valence-electron chi connectivity index (χ0n) is 15.2. The molecule has 0 aliphatic rings. The average Bonchev–Trinajstić information content (AvgIpc) is 2.53. The van der Waals surface area contributed by atoms with Gasteiger partial charge in [-0.25, -0.2) is 4.79 Å². The standard InChI is InChI=1S/C19H21F3N2O3/c1-18(2,3)27-17(25)24-15-10-16(13(9-14(15)23)19(20,21)22)26-11-12-7-5-4-6-8-12/h4-10H,11,23H2,1-3H3,(H,24,25). The van der Waals surface area contributed by atoms with Gasteiger partial charge in [-0.05, 0) is 32.4 Å². The minimum Gasteiger partial charge on any atom is -0.488 e. The molecule has 0 saturated heterocycles. The highest BCUT2D eigenvalue weighted by atomic mass is 19.4. The molecule has 2 aromatic rings. The van der Waals surface area contributed by atoms with Crippen LogP contribution in [0.5, 0.6) is 5.75 Å². The fraction of sp³-hybridized carbons (Fsp3) is 0.316. The third-order valence-electron chi connectivity index (χ3n) is 3.33. The summed E-state index contributed by atoms with van der Waals surface area (Å²) in [4.78, 5) is 11.9. The largest absolute Gasteiger partial charge is 0.488 e. The van der Waals surface area contributed by atoms with Crippen LogP contribution in [0.1, 0.15) is 31.9 Å². The van der Waals surface area contributed by atoms with Crippen molar-refractivity contribution in [2.75, 3.05) is 11.1 Å². The van der Waals surface area contributed by atoms with Crippen LogP contribution in [-0.2, 0) is 17.5 Å². The van der Waals surface area contributed by atoms with Crippen LogP contribution in [0.4, 0.5) is 29.3 Å². The van der Waals surface area contributed by atoms with Gasteiger partial charge in [0.25, 0.3) is 0 Å². The van der Waals surface area contributed by atoms with E-state index in [0.717, 1.165) is 12.1 Å². The number of nitrogens with two attached hydrogens (primary N) is 1. The number of hydrogen-bond acceptors (Lipinski definition) is 4. The first kappa shape index (κ1) is 20.4. The highest BCUT2D eigenvalue weighted by Gasteiger charge is 2.35. The van der Waals surface area contributed by atoms with E-state index in [2.05, 4.69) is 5.32 Å². The number of carbonyl (C=O) groups is 1. The Hall–Kier alpha value is -2.90. The second kappa shape index (κ2) is 7.77. The minimum atomic E-state index is -4.66. The van der Waals surface area contributed by atoms with Crippen molar-refractivity contribution in [3.63, 3.8) is 0 Å². The van der Waals surface area contributed by atoms with E-state index >= 15 is 0 Å². The van der Waals surface area contributed by atoms with Crippen LogP contribution in [0.3, 0.4) is 0 Å². The summed E-state index contributed by atoms with van der Waals surface area (Å²) < 4.78 is 50.4. The molecule has 0 atom stereocenters. The SMILES string of the molecule is CC(C)(C)OC(=O)Nc1cc(OCc2ccccc2)c(C(F)(F)F)cc1N. The average molecular weight is 382 g/mol. The molecule has 0 spiro atoms. The lowest BCUT2D eigenvalue weighted by atomic mass is 10.1. The van der Waals surface area contributed by atoms with Crippen molar-refractivity contribution in [3.05, 3.63) is 53.6 Å². The fourth-order valence-corrected chi connectivity index (χ4v) is 2.19. The van der Waals surface area contributed by atoms with Crippen LogP contribution >= 0.6 is 0 Å². The number of anilines is 2. The van der Waals surface area contributed by atoms with Gasteiger partial charge in [-0.3, -0.25) is 5.32 Å². The van der Waals surface area contributed by atoms with E-state index in [9.17, 15) is 18.0 Å². The molecule has 3 N–H and O–H groups in total. The van der Waals surface area contributed by atoms with Crippen LogP contribution in [0.25, 0.3) is 0 Å². The topological polar surface area (TPSA) is 73.6 Å². The van der Waals surface area contributed by atoms with Crippen molar-refractivity contribution in [1.29, 1.82) is 0 Å². The Morgan fingerprint density at radius 2 is 1.74 bits per heavy atom.